The van der Waals surface area contributed by atoms with Crippen LogP contribution in [0.4, 0.5) is 0 Å². The first-order valence-corrected chi connectivity index (χ1v) is 6.60. The summed E-state index contributed by atoms with van der Waals surface area (Å²) >= 11 is 0. The number of benzene rings is 1. The minimum atomic E-state index is -0.440. The van der Waals surface area contributed by atoms with E-state index in [9.17, 15) is 9.59 Å². The average Bonchev–Trinajstić information content (AvgIpc) is 3.04. The topological polar surface area (TPSA) is 71.3 Å². The van der Waals surface area contributed by atoms with Gasteiger partial charge >= 0.3 is 0 Å². The molecule has 0 saturated heterocycles. The molecule has 1 aromatic heterocycles. The van der Waals surface area contributed by atoms with Crippen LogP contribution in [0, 0.1) is 0 Å². The molecule has 0 saturated carbocycles. The molecular weight excluding hydrogens is 268 g/mol. The molecule has 2 rings (SSSR count). The van der Waals surface area contributed by atoms with Crippen molar-refractivity contribution in [1.82, 2.24) is 10.9 Å². The zero-order chi connectivity index (χ0) is 15.1. The first kappa shape index (κ1) is 14.6. The minimum absolute atomic E-state index is 0.364. The van der Waals surface area contributed by atoms with Gasteiger partial charge in [0.25, 0.3) is 11.8 Å². The Labute approximate surface area is 122 Å². The van der Waals surface area contributed by atoms with Crippen LogP contribution in [0.3, 0.4) is 0 Å². The van der Waals surface area contributed by atoms with E-state index < -0.39 is 5.91 Å². The highest BCUT2D eigenvalue weighted by molar-refractivity contribution is 5.97. The van der Waals surface area contributed by atoms with E-state index in [0.29, 0.717) is 11.3 Å². The van der Waals surface area contributed by atoms with Gasteiger partial charge in [-0.1, -0.05) is 19.1 Å². The van der Waals surface area contributed by atoms with Crippen molar-refractivity contribution in [3.63, 3.8) is 0 Å². The fourth-order valence-corrected chi connectivity index (χ4v) is 1.67. The lowest BCUT2D eigenvalue weighted by molar-refractivity contribution is -0.117. The van der Waals surface area contributed by atoms with Gasteiger partial charge in [-0.25, -0.2) is 0 Å². The Morgan fingerprint density at radius 3 is 2.52 bits per heavy atom. The summed E-state index contributed by atoms with van der Waals surface area (Å²) in [7, 11) is 0. The summed E-state index contributed by atoms with van der Waals surface area (Å²) in [6, 6.07) is 10.6. The fraction of sp³-hybridized carbons (Fsp3) is 0.125. The van der Waals surface area contributed by atoms with Crippen LogP contribution in [0.1, 0.15) is 28.6 Å². The van der Waals surface area contributed by atoms with Gasteiger partial charge in [-0.15, -0.1) is 0 Å². The Kier molecular flexibility index (Phi) is 4.93. The molecule has 108 valence electrons. The fourth-order valence-electron chi connectivity index (χ4n) is 1.67. The normalized spacial score (nSPS) is 10.5. The number of carbonyl (C=O) groups excluding carboxylic acids is 2. The highest BCUT2D eigenvalue weighted by Crippen LogP contribution is 2.04. The lowest BCUT2D eigenvalue weighted by atomic mass is 10.1. The number of rotatable bonds is 4. The number of furan rings is 1. The van der Waals surface area contributed by atoms with E-state index >= 15 is 0 Å². The van der Waals surface area contributed by atoms with E-state index in [4.69, 9.17) is 4.42 Å². The first-order chi connectivity index (χ1) is 10.2. The predicted molar refractivity (Wildman–Crippen MR) is 79.2 cm³/mol. The van der Waals surface area contributed by atoms with Crippen LogP contribution in [0.25, 0.3) is 6.08 Å². The summed E-state index contributed by atoms with van der Waals surface area (Å²) in [6.45, 7) is 2.04. The summed E-state index contributed by atoms with van der Waals surface area (Å²) in [5, 5.41) is 0. The zero-order valence-corrected chi connectivity index (χ0v) is 11.6. The van der Waals surface area contributed by atoms with E-state index in [-0.39, 0.29) is 5.91 Å². The third kappa shape index (κ3) is 4.35. The number of hydrogen-bond donors (Lipinski definition) is 2. The van der Waals surface area contributed by atoms with Crippen molar-refractivity contribution in [1.29, 1.82) is 0 Å². The maximum absolute atomic E-state index is 11.8. The molecule has 0 bridgehead atoms. The second-order valence-corrected chi connectivity index (χ2v) is 4.34. The van der Waals surface area contributed by atoms with Crippen molar-refractivity contribution in [3.05, 3.63) is 65.6 Å². The summed E-state index contributed by atoms with van der Waals surface area (Å²) < 4.78 is 5.05. The molecular formula is C16H16N2O3. The summed E-state index contributed by atoms with van der Waals surface area (Å²) in [5.41, 5.74) is 6.29. The maximum atomic E-state index is 11.8. The second-order valence-electron chi connectivity index (χ2n) is 4.34. The number of nitrogens with one attached hydrogen (secondary N) is 2. The van der Waals surface area contributed by atoms with Crippen LogP contribution < -0.4 is 10.9 Å². The van der Waals surface area contributed by atoms with Crippen LogP contribution in [0.15, 0.2) is 53.2 Å². The van der Waals surface area contributed by atoms with Crippen molar-refractivity contribution >= 4 is 17.9 Å². The van der Waals surface area contributed by atoms with Crippen molar-refractivity contribution < 1.29 is 14.0 Å². The molecule has 0 fully saturated rings. The molecule has 21 heavy (non-hydrogen) atoms. The molecule has 0 unspecified atom stereocenters. The second kappa shape index (κ2) is 7.09. The molecule has 0 aliphatic rings. The Hall–Kier alpha value is -2.82. The van der Waals surface area contributed by atoms with Crippen LogP contribution in [-0.2, 0) is 11.2 Å². The predicted octanol–water partition coefficient (Wildman–Crippen LogP) is 2.32. The Morgan fingerprint density at radius 1 is 1.14 bits per heavy atom. The van der Waals surface area contributed by atoms with Gasteiger partial charge in [-0.2, -0.15) is 0 Å². The van der Waals surface area contributed by atoms with Gasteiger partial charge < -0.3 is 4.42 Å². The number of hydrazine groups is 1. The van der Waals surface area contributed by atoms with Crippen molar-refractivity contribution in [3.8, 4) is 0 Å². The Bertz CT molecular complexity index is 628. The molecule has 0 aliphatic carbocycles. The summed E-state index contributed by atoms with van der Waals surface area (Å²) in [6.07, 6.45) is 5.21. The highest BCUT2D eigenvalue weighted by Gasteiger charge is 2.05. The van der Waals surface area contributed by atoms with Crippen molar-refractivity contribution in [2.75, 3.05) is 0 Å². The number of hydrogen-bond acceptors (Lipinski definition) is 3. The van der Waals surface area contributed by atoms with Gasteiger partial charge in [0.05, 0.1) is 6.26 Å². The molecule has 2 N–H and O–H groups in total. The molecule has 5 heteroatoms. The van der Waals surface area contributed by atoms with E-state index in [0.717, 1.165) is 12.0 Å². The number of carbonyl (C=O) groups is 2. The number of amides is 2. The third-order valence-corrected chi connectivity index (χ3v) is 2.87. The van der Waals surface area contributed by atoms with Gasteiger partial charge in [0.15, 0.2) is 0 Å². The van der Waals surface area contributed by atoms with E-state index in [2.05, 4.69) is 10.9 Å². The Morgan fingerprint density at radius 2 is 1.90 bits per heavy atom. The monoisotopic (exact) mass is 284 g/mol. The first-order valence-electron chi connectivity index (χ1n) is 6.60. The van der Waals surface area contributed by atoms with E-state index in [1.807, 2.05) is 19.1 Å². The molecule has 2 amide bonds. The third-order valence-electron chi connectivity index (χ3n) is 2.87. The van der Waals surface area contributed by atoms with Crippen LogP contribution in [-0.4, -0.2) is 11.8 Å². The molecule has 5 nitrogen and oxygen atoms in total. The van der Waals surface area contributed by atoms with Gasteiger partial charge in [0, 0.05) is 11.6 Å². The van der Waals surface area contributed by atoms with Crippen LogP contribution in [0.2, 0.25) is 0 Å². The summed E-state index contributed by atoms with van der Waals surface area (Å²) in [5.74, 6) is -0.242. The molecule has 0 aliphatic heterocycles. The summed E-state index contributed by atoms with van der Waals surface area (Å²) in [4.78, 5) is 23.3. The minimum Gasteiger partial charge on any atom is -0.465 e. The lowest BCUT2D eigenvalue weighted by Crippen LogP contribution is -2.40. The van der Waals surface area contributed by atoms with Crippen molar-refractivity contribution in [2.45, 2.75) is 13.3 Å². The Balaban J connectivity index is 1.84. The van der Waals surface area contributed by atoms with Gasteiger partial charge in [0.2, 0.25) is 0 Å². The molecule has 2 aromatic rings. The quantitative estimate of drug-likeness (QED) is 0.668. The average molecular weight is 284 g/mol. The van der Waals surface area contributed by atoms with Gasteiger partial charge in [-0.3, -0.25) is 20.4 Å². The molecule has 1 aromatic carbocycles. The van der Waals surface area contributed by atoms with Crippen LogP contribution in [0.5, 0.6) is 0 Å². The lowest BCUT2D eigenvalue weighted by Gasteiger charge is -2.05. The van der Waals surface area contributed by atoms with E-state index in [1.54, 1.807) is 24.3 Å². The van der Waals surface area contributed by atoms with Crippen molar-refractivity contribution in [2.24, 2.45) is 0 Å². The largest absolute Gasteiger partial charge is 0.465 e. The smallest absolute Gasteiger partial charge is 0.269 e. The highest BCUT2D eigenvalue weighted by atomic mass is 16.3. The van der Waals surface area contributed by atoms with E-state index in [1.165, 1.54) is 18.4 Å². The zero-order valence-electron chi connectivity index (χ0n) is 11.6. The maximum Gasteiger partial charge on any atom is 0.269 e. The number of aryl methyl sites for hydroxylation is 1. The van der Waals surface area contributed by atoms with Gasteiger partial charge in [0.1, 0.15) is 5.76 Å². The molecule has 0 radical (unpaired) electrons. The molecule has 0 atom stereocenters. The van der Waals surface area contributed by atoms with Crippen LogP contribution >= 0.6 is 0 Å². The molecule has 0 spiro atoms. The standard InChI is InChI=1S/C16H16N2O3/c1-2-12-5-7-13(8-6-12)16(20)18-17-15(19)10-9-14-4-3-11-21-14/h3-11H,2H2,1H3,(H,17,19)(H,18,20). The SMILES string of the molecule is CCc1ccc(C(=O)NNC(=O)C=Cc2ccco2)cc1. The van der Waals surface area contributed by atoms with Gasteiger partial charge in [-0.05, 0) is 42.3 Å². The molecule has 1 heterocycles.